The number of nitrogens with one attached hydrogen (secondary N) is 1. The molecule has 0 aromatic heterocycles. The van der Waals surface area contributed by atoms with Crippen molar-refractivity contribution in [3.63, 3.8) is 0 Å². The molecule has 0 aliphatic heterocycles. The molecule has 6 heteroatoms. The smallest absolute Gasteiger partial charge is 0.244 e. The summed E-state index contributed by atoms with van der Waals surface area (Å²) in [6.45, 7) is 3.23. The number of hydrogen-bond acceptors (Lipinski definition) is 2. The van der Waals surface area contributed by atoms with Crippen molar-refractivity contribution < 1.29 is 9.59 Å². The van der Waals surface area contributed by atoms with E-state index < -0.39 is 0 Å². The van der Waals surface area contributed by atoms with E-state index >= 15 is 0 Å². The largest absolute Gasteiger partial charge is 0.327 e. The molecule has 2 rings (SSSR count). The second-order valence-corrected chi connectivity index (χ2v) is 6.19. The number of para-hydroxylation sites is 1. The molecule has 0 saturated heterocycles. The Morgan fingerprint density at radius 3 is 2.17 bits per heavy atom. The molecule has 0 aliphatic rings. The van der Waals surface area contributed by atoms with E-state index in [-0.39, 0.29) is 24.4 Å². The highest BCUT2D eigenvalue weighted by atomic mass is 35.5. The SMILES string of the molecule is CC(=O)N(CC(=O)Nc1c(Cl)cccc1Cl)C(C)c1ccccc1. The quantitative estimate of drug-likeness (QED) is 0.846. The van der Waals surface area contributed by atoms with Gasteiger partial charge in [0.2, 0.25) is 11.8 Å². The summed E-state index contributed by atoms with van der Waals surface area (Å²) in [5.74, 6) is -0.547. The highest BCUT2D eigenvalue weighted by Crippen LogP contribution is 2.30. The molecular weight excluding hydrogens is 347 g/mol. The summed E-state index contributed by atoms with van der Waals surface area (Å²) in [6.07, 6.45) is 0. The van der Waals surface area contributed by atoms with Crippen molar-refractivity contribution in [1.29, 1.82) is 0 Å². The van der Waals surface area contributed by atoms with Gasteiger partial charge < -0.3 is 10.2 Å². The van der Waals surface area contributed by atoms with Crippen LogP contribution < -0.4 is 5.32 Å². The summed E-state index contributed by atoms with van der Waals surface area (Å²) in [5.41, 5.74) is 1.30. The molecule has 2 amide bonds. The number of nitrogens with zero attached hydrogens (tertiary/aromatic N) is 1. The van der Waals surface area contributed by atoms with E-state index in [1.165, 1.54) is 11.8 Å². The first-order valence-corrected chi connectivity index (χ1v) is 8.21. The molecule has 0 saturated carbocycles. The summed E-state index contributed by atoms with van der Waals surface area (Å²) in [7, 11) is 0. The molecule has 0 radical (unpaired) electrons. The highest BCUT2D eigenvalue weighted by molar-refractivity contribution is 6.39. The molecule has 0 spiro atoms. The molecule has 2 aromatic rings. The second-order valence-electron chi connectivity index (χ2n) is 5.38. The first kappa shape index (κ1) is 18.3. The van der Waals surface area contributed by atoms with Crippen LogP contribution >= 0.6 is 23.2 Å². The molecular formula is C18H18Cl2N2O2. The van der Waals surface area contributed by atoms with Crippen molar-refractivity contribution in [1.82, 2.24) is 4.90 Å². The maximum atomic E-state index is 12.3. The number of benzene rings is 2. The van der Waals surface area contributed by atoms with Gasteiger partial charge in [-0.2, -0.15) is 0 Å². The zero-order chi connectivity index (χ0) is 17.7. The van der Waals surface area contributed by atoms with Crippen LogP contribution in [0.5, 0.6) is 0 Å². The Morgan fingerprint density at radius 2 is 1.62 bits per heavy atom. The maximum absolute atomic E-state index is 12.3. The molecule has 126 valence electrons. The van der Waals surface area contributed by atoms with E-state index in [1.807, 2.05) is 37.3 Å². The van der Waals surface area contributed by atoms with Crippen LogP contribution in [0.1, 0.15) is 25.5 Å². The van der Waals surface area contributed by atoms with Crippen LogP contribution in [0.4, 0.5) is 5.69 Å². The van der Waals surface area contributed by atoms with Crippen molar-refractivity contribution in [3.8, 4) is 0 Å². The van der Waals surface area contributed by atoms with Crippen LogP contribution in [0.25, 0.3) is 0 Å². The van der Waals surface area contributed by atoms with Gasteiger partial charge in [0, 0.05) is 6.92 Å². The van der Waals surface area contributed by atoms with E-state index in [9.17, 15) is 9.59 Å². The molecule has 4 nitrogen and oxygen atoms in total. The van der Waals surface area contributed by atoms with E-state index in [0.717, 1.165) is 5.56 Å². The fourth-order valence-electron chi connectivity index (χ4n) is 2.38. The van der Waals surface area contributed by atoms with Gasteiger partial charge >= 0.3 is 0 Å². The van der Waals surface area contributed by atoms with Crippen LogP contribution in [0, 0.1) is 0 Å². The fraction of sp³-hybridized carbons (Fsp3) is 0.222. The van der Waals surface area contributed by atoms with E-state index in [1.54, 1.807) is 18.2 Å². The Balaban J connectivity index is 2.13. The third-order valence-electron chi connectivity index (χ3n) is 3.70. The lowest BCUT2D eigenvalue weighted by atomic mass is 10.1. The molecule has 24 heavy (non-hydrogen) atoms. The summed E-state index contributed by atoms with van der Waals surface area (Å²) in [6, 6.07) is 14.3. The molecule has 0 fully saturated rings. The minimum Gasteiger partial charge on any atom is -0.327 e. The minimum absolute atomic E-state index is 0.0903. The van der Waals surface area contributed by atoms with Gasteiger partial charge in [0.15, 0.2) is 0 Å². The minimum atomic E-state index is -0.358. The van der Waals surface area contributed by atoms with Crippen molar-refractivity contribution >= 4 is 40.7 Å². The number of carbonyl (C=O) groups is 2. The Hall–Kier alpha value is -2.04. The monoisotopic (exact) mass is 364 g/mol. The van der Waals surface area contributed by atoms with Gasteiger partial charge in [-0.25, -0.2) is 0 Å². The highest BCUT2D eigenvalue weighted by Gasteiger charge is 2.22. The number of halogens is 2. The predicted molar refractivity (Wildman–Crippen MR) is 97.3 cm³/mol. The van der Waals surface area contributed by atoms with Crippen molar-refractivity contribution in [3.05, 3.63) is 64.1 Å². The van der Waals surface area contributed by atoms with Gasteiger partial charge in [-0.05, 0) is 24.6 Å². The second kappa shape index (κ2) is 8.18. The lowest BCUT2D eigenvalue weighted by Crippen LogP contribution is -2.38. The van der Waals surface area contributed by atoms with Crippen molar-refractivity contribution in [2.24, 2.45) is 0 Å². The first-order valence-electron chi connectivity index (χ1n) is 7.46. The molecule has 1 unspecified atom stereocenters. The Labute approximate surface area is 151 Å². The molecule has 0 heterocycles. The Bertz CT molecular complexity index is 715. The molecule has 0 aliphatic carbocycles. The number of rotatable bonds is 5. The lowest BCUT2D eigenvalue weighted by molar-refractivity contribution is -0.134. The Kier molecular flexibility index (Phi) is 6.23. The van der Waals surface area contributed by atoms with Gasteiger partial charge in [0.05, 0.1) is 21.8 Å². The standard InChI is InChI=1S/C18H18Cl2N2O2/c1-12(14-7-4-3-5-8-14)22(13(2)23)11-17(24)21-18-15(19)9-6-10-16(18)20/h3-10,12H,11H2,1-2H3,(H,21,24). The summed E-state index contributed by atoms with van der Waals surface area (Å²) in [4.78, 5) is 25.8. The van der Waals surface area contributed by atoms with Gasteiger partial charge in [-0.1, -0.05) is 59.6 Å². The van der Waals surface area contributed by atoms with Crippen LogP contribution in [-0.2, 0) is 9.59 Å². The van der Waals surface area contributed by atoms with Gasteiger partial charge in [0.25, 0.3) is 0 Å². The third-order valence-corrected chi connectivity index (χ3v) is 4.33. The van der Waals surface area contributed by atoms with Gasteiger partial charge in [0.1, 0.15) is 6.54 Å². The van der Waals surface area contributed by atoms with E-state index in [2.05, 4.69) is 5.32 Å². The molecule has 2 aromatic carbocycles. The number of amides is 2. The summed E-state index contributed by atoms with van der Waals surface area (Å²) < 4.78 is 0. The van der Waals surface area contributed by atoms with Crippen molar-refractivity contribution in [2.75, 3.05) is 11.9 Å². The number of hydrogen-bond donors (Lipinski definition) is 1. The number of anilines is 1. The van der Waals surface area contributed by atoms with Crippen LogP contribution in [0.2, 0.25) is 10.0 Å². The fourth-order valence-corrected chi connectivity index (χ4v) is 2.88. The normalized spacial score (nSPS) is 11.7. The van der Waals surface area contributed by atoms with Gasteiger partial charge in [-0.15, -0.1) is 0 Å². The molecule has 0 bridgehead atoms. The van der Waals surface area contributed by atoms with Crippen LogP contribution in [0.15, 0.2) is 48.5 Å². The Morgan fingerprint density at radius 1 is 1.04 bits per heavy atom. The summed E-state index contributed by atoms with van der Waals surface area (Å²) >= 11 is 12.1. The number of carbonyl (C=O) groups excluding carboxylic acids is 2. The first-order chi connectivity index (χ1) is 11.4. The van der Waals surface area contributed by atoms with Crippen LogP contribution in [-0.4, -0.2) is 23.3 Å². The average Bonchev–Trinajstić information content (AvgIpc) is 2.56. The molecule has 1 N–H and O–H groups in total. The summed E-state index contributed by atoms with van der Waals surface area (Å²) in [5, 5.41) is 3.37. The topological polar surface area (TPSA) is 49.4 Å². The zero-order valence-corrected chi connectivity index (χ0v) is 14.9. The zero-order valence-electron chi connectivity index (χ0n) is 13.4. The van der Waals surface area contributed by atoms with E-state index in [4.69, 9.17) is 23.2 Å². The maximum Gasteiger partial charge on any atom is 0.244 e. The van der Waals surface area contributed by atoms with Gasteiger partial charge in [-0.3, -0.25) is 9.59 Å². The van der Waals surface area contributed by atoms with E-state index in [0.29, 0.717) is 15.7 Å². The lowest BCUT2D eigenvalue weighted by Gasteiger charge is -2.28. The van der Waals surface area contributed by atoms with Crippen molar-refractivity contribution in [2.45, 2.75) is 19.9 Å². The third kappa shape index (κ3) is 4.49. The predicted octanol–water partition coefficient (Wildman–Crippen LogP) is 4.54. The van der Waals surface area contributed by atoms with Crippen LogP contribution in [0.3, 0.4) is 0 Å². The molecule has 1 atom stereocenters. The average molecular weight is 365 g/mol.